The molecule has 2 aliphatic heterocycles. The number of carbonyl (C=O) groups is 4. The van der Waals surface area contributed by atoms with Gasteiger partial charge >= 0.3 is 6.16 Å². The third-order valence-electron chi connectivity index (χ3n) is 8.50. The number of nitrogens with zero attached hydrogens (tertiary/aromatic N) is 3. The van der Waals surface area contributed by atoms with Gasteiger partial charge in [0.25, 0.3) is 5.91 Å². The monoisotopic (exact) mass is 692 g/mol. The molecule has 1 aromatic rings. The number of benzene rings is 1. The number of sulfonamides is 1. The summed E-state index contributed by atoms with van der Waals surface area (Å²) in [5.74, 6) is -0.812. The van der Waals surface area contributed by atoms with Gasteiger partial charge in [-0.2, -0.15) is 4.99 Å². The Balaban J connectivity index is 1.50. The molecule has 0 radical (unpaired) electrons. The van der Waals surface area contributed by atoms with E-state index in [0.717, 1.165) is 11.8 Å². The molecule has 2 fully saturated rings. The first-order valence-electron chi connectivity index (χ1n) is 16.6. The Labute approximate surface area is 284 Å². The number of amides is 3. The molecule has 3 atom stereocenters. The number of likely N-dealkylation sites (tertiary alicyclic amines) is 2. The largest absolute Gasteiger partial charge is 0.508 e. The Morgan fingerprint density at radius 3 is 2.27 bits per heavy atom. The Morgan fingerprint density at radius 1 is 1.02 bits per heavy atom. The standard InChI is InChI=1S/C33H52N6O8S/c1-22(2)46-32(43)47-23(3)20-33(4,5)30(42)36-31(34)38-17-14-25(15-18-38)21-35-28(40)27-13-10-16-39(27)29(41)26(37-48(6,44)45)19-24-11-8-7-9-12-24/h7-9,11-12,22-23,25-27,37H,10,13-21H2,1-6H3,(H,35,40)(H2,34,36,42)/t23?,26-,27+/m1/s1. The van der Waals surface area contributed by atoms with Crippen LogP contribution in [0.3, 0.4) is 0 Å². The average molecular weight is 693 g/mol. The van der Waals surface area contributed by atoms with E-state index in [0.29, 0.717) is 51.9 Å². The summed E-state index contributed by atoms with van der Waals surface area (Å²) in [5, 5.41) is 3.00. The van der Waals surface area contributed by atoms with E-state index in [2.05, 4.69) is 15.0 Å². The minimum Gasteiger partial charge on any atom is -0.432 e. The molecule has 2 heterocycles. The number of aliphatic imine (C=N–C) groups is 1. The highest BCUT2D eigenvalue weighted by Crippen LogP contribution is 2.27. The van der Waals surface area contributed by atoms with Crippen molar-refractivity contribution in [3.8, 4) is 0 Å². The van der Waals surface area contributed by atoms with Gasteiger partial charge in [0, 0.05) is 31.6 Å². The molecule has 0 bridgehead atoms. The van der Waals surface area contributed by atoms with Crippen molar-refractivity contribution in [3.05, 3.63) is 35.9 Å². The third-order valence-corrected chi connectivity index (χ3v) is 9.21. The summed E-state index contributed by atoms with van der Waals surface area (Å²) in [6, 6.07) is 7.45. The summed E-state index contributed by atoms with van der Waals surface area (Å²) in [6.45, 7) is 10.5. The zero-order valence-electron chi connectivity index (χ0n) is 28.9. The highest BCUT2D eigenvalue weighted by Gasteiger charge is 2.38. The lowest BCUT2D eigenvalue weighted by Crippen LogP contribution is -2.54. The summed E-state index contributed by atoms with van der Waals surface area (Å²) < 4.78 is 36.9. The number of nitrogens with two attached hydrogens (primary N) is 1. The lowest BCUT2D eigenvalue weighted by Gasteiger charge is -2.33. The topological polar surface area (TPSA) is 190 Å². The molecule has 48 heavy (non-hydrogen) atoms. The van der Waals surface area contributed by atoms with Crippen molar-refractivity contribution >= 4 is 39.9 Å². The van der Waals surface area contributed by atoms with Crippen molar-refractivity contribution in [2.75, 3.05) is 32.4 Å². The van der Waals surface area contributed by atoms with Crippen LogP contribution in [-0.4, -0.2) is 105 Å². The maximum atomic E-state index is 13.6. The number of nitrogens with one attached hydrogen (secondary N) is 2. The van der Waals surface area contributed by atoms with E-state index in [1.54, 1.807) is 34.6 Å². The van der Waals surface area contributed by atoms with Gasteiger partial charge in [-0.1, -0.05) is 44.2 Å². The van der Waals surface area contributed by atoms with Crippen LogP contribution in [0, 0.1) is 11.3 Å². The first-order valence-corrected chi connectivity index (χ1v) is 18.4. The molecule has 15 heteroatoms. The quantitative estimate of drug-likeness (QED) is 0.157. The van der Waals surface area contributed by atoms with Crippen molar-refractivity contribution in [2.24, 2.45) is 22.1 Å². The molecule has 0 aliphatic carbocycles. The number of carbonyl (C=O) groups excluding carboxylic acids is 4. The molecular weight excluding hydrogens is 640 g/mol. The number of hydrogen-bond donors (Lipinski definition) is 3. The summed E-state index contributed by atoms with van der Waals surface area (Å²) in [6.07, 6.45) is 2.33. The van der Waals surface area contributed by atoms with E-state index in [1.807, 2.05) is 35.2 Å². The van der Waals surface area contributed by atoms with Crippen LogP contribution in [0.15, 0.2) is 35.3 Å². The maximum absolute atomic E-state index is 13.6. The van der Waals surface area contributed by atoms with Crippen molar-refractivity contribution in [3.63, 3.8) is 0 Å². The summed E-state index contributed by atoms with van der Waals surface area (Å²) in [5.41, 5.74) is 6.10. The highest BCUT2D eigenvalue weighted by molar-refractivity contribution is 7.88. The minimum atomic E-state index is -3.68. The highest BCUT2D eigenvalue weighted by atomic mass is 32.2. The number of rotatable bonds is 13. The predicted molar refractivity (Wildman–Crippen MR) is 181 cm³/mol. The number of piperidine rings is 1. The zero-order chi connectivity index (χ0) is 35.6. The Morgan fingerprint density at radius 2 is 1.67 bits per heavy atom. The second-order valence-electron chi connectivity index (χ2n) is 13.7. The second kappa shape index (κ2) is 17.1. The molecule has 0 spiro atoms. The molecule has 0 saturated carbocycles. The fraction of sp³-hybridized carbons (Fsp3) is 0.667. The molecule has 14 nitrogen and oxygen atoms in total. The molecule has 0 aromatic heterocycles. The lowest BCUT2D eigenvalue weighted by atomic mass is 9.86. The van der Waals surface area contributed by atoms with Gasteiger partial charge in [-0.15, -0.1) is 0 Å². The average Bonchev–Trinajstić information content (AvgIpc) is 3.48. The third kappa shape index (κ3) is 12.1. The van der Waals surface area contributed by atoms with Gasteiger partial charge in [0.2, 0.25) is 21.8 Å². The van der Waals surface area contributed by atoms with E-state index in [-0.39, 0.29) is 36.7 Å². The molecule has 1 unspecified atom stereocenters. The van der Waals surface area contributed by atoms with Crippen LogP contribution in [0.2, 0.25) is 0 Å². The molecule has 3 amide bonds. The van der Waals surface area contributed by atoms with Crippen LogP contribution in [0.4, 0.5) is 4.79 Å². The van der Waals surface area contributed by atoms with Gasteiger partial charge in [0.1, 0.15) is 18.2 Å². The van der Waals surface area contributed by atoms with E-state index in [1.165, 1.54) is 4.90 Å². The Hall–Kier alpha value is -3.72. The number of ether oxygens (including phenoxy) is 2. The van der Waals surface area contributed by atoms with Crippen LogP contribution >= 0.6 is 0 Å². The van der Waals surface area contributed by atoms with Crippen molar-refractivity contribution in [1.82, 2.24) is 19.8 Å². The molecule has 1 aromatic carbocycles. The van der Waals surface area contributed by atoms with Crippen LogP contribution in [0.1, 0.15) is 72.3 Å². The molecule has 268 valence electrons. The SMILES string of the molecule is CC(C)OC(=O)OC(C)CC(C)(C)C(=O)N=C(N)N1CCC(CNC(=O)[C@@H]2CCCN2C(=O)[C@@H](Cc2ccccc2)NS(C)(=O)=O)CC1. The Kier molecular flexibility index (Phi) is 13.8. The number of hydrogen-bond acceptors (Lipinski definition) is 8. The normalized spacial score (nSPS) is 19.1. The van der Waals surface area contributed by atoms with Crippen molar-refractivity contribution in [1.29, 1.82) is 0 Å². The van der Waals surface area contributed by atoms with E-state index >= 15 is 0 Å². The molecule has 4 N–H and O–H groups in total. The van der Waals surface area contributed by atoms with Gasteiger partial charge in [0.15, 0.2) is 5.96 Å². The van der Waals surface area contributed by atoms with Gasteiger partial charge in [-0.3, -0.25) is 14.4 Å². The molecular formula is C33H52N6O8S. The second-order valence-corrected chi connectivity index (χ2v) is 15.5. The first kappa shape index (κ1) is 38.7. The zero-order valence-corrected chi connectivity index (χ0v) is 29.8. The van der Waals surface area contributed by atoms with Crippen molar-refractivity contribution in [2.45, 2.75) is 97.4 Å². The maximum Gasteiger partial charge on any atom is 0.508 e. The van der Waals surface area contributed by atoms with Crippen LogP contribution in [0.5, 0.6) is 0 Å². The summed E-state index contributed by atoms with van der Waals surface area (Å²) in [4.78, 5) is 59.1. The Bertz CT molecular complexity index is 1410. The van der Waals surface area contributed by atoms with Crippen LogP contribution in [0.25, 0.3) is 0 Å². The van der Waals surface area contributed by atoms with Crippen molar-refractivity contribution < 1.29 is 37.1 Å². The number of guanidine groups is 1. The lowest BCUT2D eigenvalue weighted by molar-refractivity contribution is -0.139. The molecule has 3 rings (SSSR count). The van der Waals surface area contributed by atoms with Gasteiger partial charge < -0.3 is 30.3 Å². The fourth-order valence-electron chi connectivity index (χ4n) is 6.08. The van der Waals surface area contributed by atoms with Gasteiger partial charge in [-0.25, -0.2) is 17.9 Å². The van der Waals surface area contributed by atoms with Crippen LogP contribution in [-0.2, 0) is 40.3 Å². The van der Waals surface area contributed by atoms with E-state index in [9.17, 15) is 27.6 Å². The first-order chi connectivity index (χ1) is 22.4. The predicted octanol–water partition coefficient (Wildman–Crippen LogP) is 2.17. The fourth-order valence-corrected chi connectivity index (χ4v) is 6.78. The minimum absolute atomic E-state index is 0.121. The summed E-state index contributed by atoms with van der Waals surface area (Å²) >= 11 is 0. The van der Waals surface area contributed by atoms with E-state index in [4.69, 9.17) is 15.2 Å². The van der Waals surface area contributed by atoms with Crippen LogP contribution < -0.4 is 15.8 Å². The molecule has 2 aliphatic rings. The van der Waals surface area contributed by atoms with Gasteiger partial charge in [-0.05, 0) is 70.8 Å². The smallest absolute Gasteiger partial charge is 0.432 e. The summed E-state index contributed by atoms with van der Waals surface area (Å²) in [7, 11) is -3.68. The van der Waals surface area contributed by atoms with Gasteiger partial charge in [0.05, 0.1) is 12.4 Å². The molecule has 2 saturated heterocycles. The van der Waals surface area contributed by atoms with E-state index < -0.39 is 51.6 Å².